The van der Waals surface area contributed by atoms with E-state index in [0.29, 0.717) is 16.5 Å². The minimum absolute atomic E-state index is 0.0339. The third-order valence-corrected chi connectivity index (χ3v) is 2.77. The van der Waals surface area contributed by atoms with Crippen molar-refractivity contribution in [3.8, 4) is 0 Å². The van der Waals surface area contributed by atoms with Crippen molar-refractivity contribution < 1.29 is 19.4 Å². The topological polar surface area (TPSA) is 104 Å². The van der Waals surface area contributed by atoms with Gasteiger partial charge in [-0.05, 0) is 39.3 Å². The molecular weight excluding hydrogens is 274 g/mol. The highest BCUT2D eigenvalue weighted by atomic mass is 16.6. The van der Waals surface area contributed by atoms with Crippen LogP contribution < -0.4 is 5.32 Å². The maximum atomic E-state index is 11.9. The molecule has 0 saturated heterocycles. The lowest BCUT2D eigenvalue weighted by Crippen LogP contribution is -2.28. The maximum absolute atomic E-state index is 11.9. The number of carbonyl (C=O) groups excluding carboxylic acids is 1. The monoisotopic (exact) mass is 291 g/mol. The second-order valence-electron chi connectivity index (χ2n) is 5.71. The Morgan fingerprint density at radius 2 is 2.05 bits per heavy atom. The van der Waals surface area contributed by atoms with Crippen LogP contribution in [0, 0.1) is 6.92 Å². The van der Waals surface area contributed by atoms with E-state index in [4.69, 9.17) is 4.74 Å². The van der Waals surface area contributed by atoms with Crippen molar-refractivity contribution >= 4 is 28.7 Å². The van der Waals surface area contributed by atoms with E-state index in [1.807, 2.05) is 0 Å². The molecule has 21 heavy (non-hydrogen) atoms. The van der Waals surface area contributed by atoms with Gasteiger partial charge in [-0.15, -0.1) is 0 Å². The van der Waals surface area contributed by atoms with Crippen molar-refractivity contribution in [2.75, 3.05) is 5.32 Å². The van der Waals surface area contributed by atoms with Crippen molar-refractivity contribution in [3.63, 3.8) is 0 Å². The number of nitrogens with zero attached hydrogens (tertiary/aromatic N) is 1. The average molecular weight is 291 g/mol. The number of aromatic carboxylic acids is 1. The Bertz CT molecular complexity index is 713. The molecule has 112 valence electrons. The predicted octanol–water partition coefficient (Wildman–Crippen LogP) is 2.92. The second kappa shape index (κ2) is 5.08. The number of aromatic nitrogens is 2. The Balaban J connectivity index is 2.47. The average Bonchev–Trinajstić information content (AvgIpc) is 2.73. The number of anilines is 1. The normalized spacial score (nSPS) is 11.4. The Morgan fingerprint density at radius 3 is 2.62 bits per heavy atom. The van der Waals surface area contributed by atoms with E-state index in [1.165, 1.54) is 6.20 Å². The van der Waals surface area contributed by atoms with Gasteiger partial charge in [0.2, 0.25) is 0 Å². The maximum Gasteiger partial charge on any atom is 0.412 e. The van der Waals surface area contributed by atoms with Gasteiger partial charge in [0.25, 0.3) is 0 Å². The van der Waals surface area contributed by atoms with Crippen LogP contribution in [-0.2, 0) is 4.74 Å². The summed E-state index contributed by atoms with van der Waals surface area (Å²) in [5, 5.41) is 19.1. The van der Waals surface area contributed by atoms with Crippen molar-refractivity contribution in [3.05, 3.63) is 23.4 Å². The molecule has 2 aromatic rings. The second-order valence-corrected chi connectivity index (χ2v) is 5.71. The first-order valence-corrected chi connectivity index (χ1v) is 6.39. The van der Waals surface area contributed by atoms with Gasteiger partial charge in [-0.1, -0.05) is 0 Å². The van der Waals surface area contributed by atoms with Gasteiger partial charge >= 0.3 is 12.1 Å². The summed E-state index contributed by atoms with van der Waals surface area (Å²) >= 11 is 0. The molecule has 7 nitrogen and oxygen atoms in total. The van der Waals surface area contributed by atoms with Crippen LogP contribution in [0.1, 0.15) is 36.7 Å². The molecule has 0 radical (unpaired) electrons. The summed E-state index contributed by atoms with van der Waals surface area (Å²) in [5.74, 6) is -1.15. The van der Waals surface area contributed by atoms with Crippen LogP contribution >= 0.6 is 0 Å². The number of carboxylic acids is 1. The molecule has 0 saturated carbocycles. The molecule has 0 aliphatic rings. The predicted molar refractivity (Wildman–Crippen MR) is 77.6 cm³/mol. The van der Waals surface area contributed by atoms with E-state index >= 15 is 0 Å². The number of ether oxygens (including phenoxy) is 1. The fourth-order valence-electron chi connectivity index (χ4n) is 2.01. The van der Waals surface area contributed by atoms with Crippen LogP contribution in [0.4, 0.5) is 10.5 Å². The number of hydrogen-bond donors (Lipinski definition) is 3. The molecule has 2 rings (SSSR count). The number of nitrogens with one attached hydrogen (secondary N) is 2. The zero-order valence-electron chi connectivity index (χ0n) is 12.3. The van der Waals surface area contributed by atoms with Crippen LogP contribution in [-0.4, -0.2) is 33.0 Å². The summed E-state index contributed by atoms with van der Waals surface area (Å²) < 4.78 is 5.16. The van der Waals surface area contributed by atoms with E-state index in [1.54, 1.807) is 33.8 Å². The Kier molecular flexibility index (Phi) is 3.59. The molecule has 1 aromatic carbocycles. The minimum atomic E-state index is -1.15. The first-order chi connectivity index (χ1) is 9.69. The highest BCUT2D eigenvalue weighted by Crippen LogP contribution is 2.29. The molecule has 1 heterocycles. The summed E-state index contributed by atoms with van der Waals surface area (Å²) in [7, 11) is 0. The van der Waals surface area contributed by atoms with Gasteiger partial charge < -0.3 is 9.84 Å². The van der Waals surface area contributed by atoms with Crippen LogP contribution in [0.2, 0.25) is 0 Å². The number of fused-ring (bicyclic) bond motifs is 1. The van der Waals surface area contributed by atoms with Gasteiger partial charge in [0.1, 0.15) is 11.2 Å². The third-order valence-electron chi connectivity index (χ3n) is 2.77. The number of rotatable bonds is 2. The van der Waals surface area contributed by atoms with Gasteiger partial charge in [0, 0.05) is 5.39 Å². The van der Waals surface area contributed by atoms with Crippen LogP contribution in [0.15, 0.2) is 12.3 Å². The molecule has 1 aromatic heterocycles. The number of aromatic amines is 1. The molecule has 3 N–H and O–H groups in total. The number of carboxylic acid groups (broad SMARTS) is 1. The quantitative estimate of drug-likeness (QED) is 0.789. The van der Waals surface area contributed by atoms with E-state index in [9.17, 15) is 14.7 Å². The fraction of sp³-hybridized carbons (Fsp3) is 0.357. The van der Waals surface area contributed by atoms with E-state index in [-0.39, 0.29) is 11.3 Å². The molecule has 0 unspecified atom stereocenters. The fourth-order valence-corrected chi connectivity index (χ4v) is 2.01. The van der Waals surface area contributed by atoms with Crippen molar-refractivity contribution in [2.45, 2.75) is 33.3 Å². The Hall–Kier alpha value is -2.57. The first-order valence-electron chi connectivity index (χ1n) is 6.39. The smallest absolute Gasteiger partial charge is 0.412 e. The SMILES string of the molecule is Cc1cc2cn[nH]c2c(C(=O)O)c1NC(=O)OC(C)(C)C. The van der Waals surface area contributed by atoms with E-state index in [0.717, 1.165) is 0 Å². The van der Waals surface area contributed by atoms with Gasteiger partial charge in [-0.2, -0.15) is 5.10 Å². The number of aryl methyl sites for hydroxylation is 1. The Labute approximate surface area is 121 Å². The summed E-state index contributed by atoms with van der Waals surface area (Å²) in [6, 6.07) is 1.75. The third kappa shape index (κ3) is 3.13. The highest BCUT2D eigenvalue weighted by Gasteiger charge is 2.23. The molecule has 7 heteroatoms. The van der Waals surface area contributed by atoms with Crippen molar-refractivity contribution in [2.24, 2.45) is 0 Å². The molecule has 0 atom stereocenters. The summed E-state index contributed by atoms with van der Waals surface area (Å²) in [6.07, 6.45) is 0.832. The molecular formula is C14H17N3O4. The standard InChI is InChI=1S/C14H17N3O4/c1-7-5-8-6-15-17-11(8)9(12(18)19)10(7)16-13(20)21-14(2,3)4/h5-6H,1-4H3,(H,15,17)(H,16,20)(H,18,19). The van der Waals surface area contributed by atoms with Crippen LogP contribution in [0.5, 0.6) is 0 Å². The Morgan fingerprint density at radius 1 is 1.38 bits per heavy atom. The number of H-pyrrole nitrogens is 1. The molecule has 0 aliphatic carbocycles. The van der Waals surface area contributed by atoms with Gasteiger partial charge in [-0.3, -0.25) is 10.4 Å². The zero-order valence-corrected chi connectivity index (χ0v) is 12.3. The number of benzene rings is 1. The first kappa shape index (κ1) is 14.8. The van der Waals surface area contributed by atoms with Crippen molar-refractivity contribution in [1.82, 2.24) is 10.2 Å². The number of amides is 1. The van der Waals surface area contributed by atoms with Gasteiger partial charge in [-0.25, -0.2) is 9.59 Å². The molecule has 0 aliphatic heterocycles. The highest BCUT2D eigenvalue weighted by molar-refractivity contribution is 6.10. The van der Waals surface area contributed by atoms with E-state index < -0.39 is 17.7 Å². The van der Waals surface area contributed by atoms with Crippen LogP contribution in [0.25, 0.3) is 10.9 Å². The summed E-state index contributed by atoms with van der Waals surface area (Å²) in [4.78, 5) is 23.4. The van der Waals surface area contributed by atoms with E-state index in [2.05, 4.69) is 15.5 Å². The number of hydrogen-bond acceptors (Lipinski definition) is 4. The van der Waals surface area contributed by atoms with Gasteiger partial charge in [0.05, 0.1) is 17.4 Å². The largest absolute Gasteiger partial charge is 0.478 e. The summed E-state index contributed by atoms with van der Waals surface area (Å²) in [6.45, 7) is 6.91. The minimum Gasteiger partial charge on any atom is -0.478 e. The lowest BCUT2D eigenvalue weighted by molar-refractivity contribution is 0.0636. The summed E-state index contributed by atoms with van der Waals surface area (Å²) in [5.41, 5.74) is 0.479. The number of carbonyl (C=O) groups is 2. The lowest BCUT2D eigenvalue weighted by atomic mass is 10.0. The zero-order chi connectivity index (χ0) is 15.8. The molecule has 0 bridgehead atoms. The lowest BCUT2D eigenvalue weighted by Gasteiger charge is -2.21. The van der Waals surface area contributed by atoms with Crippen LogP contribution in [0.3, 0.4) is 0 Å². The molecule has 0 fully saturated rings. The molecule has 1 amide bonds. The molecule has 0 spiro atoms. The van der Waals surface area contributed by atoms with Gasteiger partial charge in [0.15, 0.2) is 0 Å². The van der Waals surface area contributed by atoms with Crippen molar-refractivity contribution in [1.29, 1.82) is 0 Å².